The van der Waals surface area contributed by atoms with Gasteiger partial charge in [-0.2, -0.15) is 5.10 Å². The Morgan fingerprint density at radius 1 is 1.48 bits per heavy atom. The van der Waals surface area contributed by atoms with Crippen LogP contribution in [-0.2, 0) is 9.59 Å². The molecule has 0 aliphatic carbocycles. The highest BCUT2D eigenvalue weighted by Gasteiger charge is 2.36. The van der Waals surface area contributed by atoms with E-state index in [-0.39, 0.29) is 30.2 Å². The number of hydrogen-bond donors (Lipinski definition) is 1. The molecule has 0 bridgehead atoms. The van der Waals surface area contributed by atoms with E-state index in [0.717, 1.165) is 11.4 Å². The fourth-order valence-corrected chi connectivity index (χ4v) is 3.19. The Kier molecular flexibility index (Phi) is 4.16. The predicted octanol–water partition coefficient (Wildman–Crippen LogP) is 2.22. The molecule has 1 aliphatic heterocycles. The van der Waals surface area contributed by atoms with Crippen molar-refractivity contribution in [3.63, 3.8) is 0 Å². The third-order valence-electron chi connectivity index (χ3n) is 3.77. The molecule has 2 aromatic rings. The first-order valence-corrected chi connectivity index (χ1v) is 8.39. The molecule has 2 aromatic heterocycles. The number of thiazole rings is 1. The van der Waals surface area contributed by atoms with Gasteiger partial charge in [0.2, 0.25) is 11.8 Å². The quantitative estimate of drug-likeness (QED) is 0.930. The molecule has 1 fully saturated rings. The zero-order chi connectivity index (χ0) is 16.6. The topological polar surface area (TPSA) is 80.1 Å². The second-order valence-electron chi connectivity index (χ2n) is 5.96. The maximum atomic E-state index is 12.3. The summed E-state index contributed by atoms with van der Waals surface area (Å²) in [6.45, 7) is 6.29. The number of hydrogen-bond acceptors (Lipinski definition) is 5. The number of aryl methyl sites for hydroxylation is 1. The highest BCUT2D eigenvalue weighted by molar-refractivity contribution is 7.13. The van der Waals surface area contributed by atoms with Crippen LogP contribution in [0.1, 0.15) is 32.0 Å². The van der Waals surface area contributed by atoms with Crippen LogP contribution in [0.2, 0.25) is 0 Å². The van der Waals surface area contributed by atoms with Crippen molar-refractivity contribution in [2.45, 2.75) is 33.2 Å². The van der Waals surface area contributed by atoms with E-state index < -0.39 is 0 Å². The molecule has 3 rings (SSSR count). The van der Waals surface area contributed by atoms with Crippen LogP contribution in [0.15, 0.2) is 17.8 Å². The van der Waals surface area contributed by atoms with Crippen molar-refractivity contribution < 1.29 is 9.59 Å². The van der Waals surface area contributed by atoms with E-state index >= 15 is 0 Å². The van der Waals surface area contributed by atoms with Gasteiger partial charge in [-0.15, -0.1) is 11.3 Å². The summed E-state index contributed by atoms with van der Waals surface area (Å²) in [5.74, 6) is -0.579. The third kappa shape index (κ3) is 3.26. The second kappa shape index (κ2) is 6.11. The zero-order valence-electron chi connectivity index (χ0n) is 13.3. The molecule has 0 aromatic carbocycles. The Bertz CT molecular complexity index is 736. The van der Waals surface area contributed by atoms with Crippen molar-refractivity contribution in [3.05, 3.63) is 23.5 Å². The van der Waals surface area contributed by atoms with Gasteiger partial charge in [0, 0.05) is 30.6 Å². The summed E-state index contributed by atoms with van der Waals surface area (Å²) in [4.78, 5) is 30.4. The number of carbonyl (C=O) groups is 2. The lowest BCUT2D eigenvalue weighted by Crippen LogP contribution is -2.27. The summed E-state index contributed by atoms with van der Waals surface area (Å²) in [6, 6.07) is 0.230. The smallest absolute Gasteiger partial charge is 0.231 e. The van der Waals surface area contributed by atoms with E-state index in [2.05, 4.69) is 15.4 Å². The minimum absolute atomic E-state index is 0.0521. The van der Waals surface area contributed by atoms with Crippen LogP contribution in [0.25, 0.3) is 0 Å². The minimum Gasteiger partial charge on any atom is -0.309 e. The Morgan fingerprint density at radius 3 is 2.87 bits per heavy atom. The van der Waals surface area contributed by atoms with Gasteiger partial charge in [-0.05, 0) is 20.8 Å². The first-order valence-electron chi connectivity index (χ1n) is 7.51. The molecule has 1 N–H and O–H groups in total. The number of aromatic nitrogens is 3. The summed E-state index contributed by atoms with van der Waals surface area (Å²) < 4.78 is 1.80. The molecular weight excluding hydrogens is 314 g/mol. The van der Waals surface area contributed by atoms with Gasteiger partial charge in [0.15, 0.2) is 5.13 Å². The van der Waals surface area contributed by atoms with Crippen LogP contribution in [0.5, 0.6) is 0 Å². The highest BCUT2D eigenvalue weighted by atomic mass is 32.1. The van der Waals surface area contributed by atoms with Crippen LogP contribution in [-0.4, -0.2) is 33.1 Å². The molecule has 3 heterocycles. The standard InChI is InChI=1S/C15H19N5O2S/c1-9(2)20-7-12(5-16-20)19-6-11(4-13(19)21)14(22)18-15-17-10(3)8-23-15/h5,7-9,11H,4,6H2,1-3H3,(H,17,18,22)/t11-/m1/s1. The summed E-state index contributed by atoms with van der Waals surface area (Å²) in [5.41, 5.74) is 1.61. The molecule has 1 aliphatic rings. The van der Waals surface area contributed by atoms with Crippen molar-refractivity contribution in [2.24, 2.45) is 5.92 Å². The summed E-state index contributed by atoms with van der Waals surface area (Å²) in [7, 11) is 0. The molecule has 8 heteroatoms. The lowest BCUT2D eigenvalue weighted by Gasteiger charge is -2.14. The van der Waals surface area contributed by atoms with Gasteiger partial charge in [-0.25, -0.2) is 4.98 Å². The van der Waals surface area contributed by atoms with Crippen molar-refractivity contribution in [1.82, 2.24) is 14.8 Å². The van der Waals surface area contributed by atoms with Crippen LogP contribution >= 0.6 is 11.3 Å². The fraction of sp³-hybridized carbons (Fsp3) is 0.467. The van der Waals surface area contributed by atoms with E-state index in [1.54, 1.807) is 15.8 Å². The molecule has 1 saturated heterocycles. The molecule has 0 spiro atoms. The molecule has 1 atom stereocenters. The van der Waals surface area contributed by atoms with Crippen molar-refractivity contribution in [2.75, 3.05) is 16.8 Å². The third-order valence-corrected chi connectivity index (χ3v) is 4.65. The van der Waals surface area contributed by atoms with Crippen molar-refractivity contribution in [1.29, 1.82) is 0 Å². The Hall–Kier alpha value is -2.22. The zero-order valence-corrected chi connectivity index (χ0v) is 14.1. The first kappa shape index (κ1) is 15.7. The van der Waals surface area contributed by atoms with Crippen molar-refractivity contribution >= 4 is 34.0 Å². The fourth-order valence-electron chi connectivity index (χ4n) is 2.50. The van der Waals surface area contributed by atoms with Gasteiger partial charge in [-0.1, -0.05) is 0 Å². The number of nitrogens with zero attached hydrogens (tertiary/aromatic N) is 4. The molecule has 2 amide bonds. The summed E-state index contributed by atoms with van der Waals surface area (Å²) in [6.07, 6.45) is 3.72. The van der Waals surface area contributed by atoms with Crippen LogP contribution in [0, 0.1) is 12.8 Å². The van der Waals surface area contributed by atoms with E-state index in [0.29, 0.717) is 11.7 Å². The van der Waals surface area contributed by atoms with Crippen LogP contribution in [0.4, 0.5) is 10.8 Å². The lowest BCUT2D eigenvalue weighted by molar-refractivity contribution is -0.122. The SMILES string of the molecule is Cc1csc(NC(=O)[C@@H]2CC(=O)N(c3cnn(C(C)C)c3)C2)n1. The molecule has 0 unspecified atom stereocenters. The van der Waals surface area contributed by atoms with E-state index in [9.17, 15) is 9.59 Å². The molecule has 7 nitrogen and oxygen atoms in total. The monoisotopic (exact) mass is 333 g/mol. The largest absolute Gasteiger partial charge is 0.309 e. The average Bonchev–Trinajstić information content (AvgIpc) is 3.18. The Labute approximate surface area is 138 Å². The van der Waals surface area contributed by atoms with Gasteiger partial charge < -0.3 is 10.2 Å². The molecular formula is C15H19N5O2S. The molecule has 0 saturated carbocycles. The van der Waals surface area contributed by atoms with Gasteiger partial charge in [0.05, 0.1) is 23.5 Å². The summed E-state index contributed by atoms with van der Waals surface area (Å²) in [5, 5.41) is 9.49. The maximum Gasteiger partial charge on any atom is 0.231 e. The average molecular weight is 333 g/mol. The molecule has 0 radical (unpaired) electrons. The number of rotatable bonds is 4. The van der Waals surface area contributed by atoms with Crippen LogP contribution < -0.4 is 10.2 Å². The Morgan fingerprint density at radius 2 is 2.26 bits per heavy atom. The number of anilines is 2. The van der Waals surface area contributed by atoms with Crippen molar-refractivity contribution in [3.8, 4) is 0 Å². The van der Waals surface area contributed by atoms with Gasteiger partial charge in [0.25, 0.3) is 0 Å². The Balaban J connectivity index is 1.67. The highest BCUT2D eigenvalue weighted by Crippen LogP contribution is 2.26. The van der Waals surface area contributed by atoms with E-state index in [1.165, 1.54) is 11.3 Å². The number of nitrogens with one attached hydrogen (secondary N) is 1. The number of carbonyl (C=O) groups excluding carboxylic acids is 2. The summed E-state index contributed by atoms with van der Waals surface area (Å²) >= 11 is 1.39. The van der Waals surface area contributed by atoms with Gasteiger partial charge in [-0.3, -0.25) is 14.3 Å². The minimum atomic E-state index is -0.367. The van der Waals surface area contributed by atoms with Gasteiger partial charge >= 0.3 is 0 Å². The maximum absolute atomic E-state index is 12.3. The first-order chi connectivity index (χ1) is 10.9. The molecule has 122 valence electrons. The second-order valence-corrected chi connectivity index (χ2v) is 6.82. The number of amides is 2. The van der Waals surface area contributed by atoms with E-state index in [4.69, 9.17) is 0 Å². The normalized spacial score (nSPS) is 18.0. The molecule has 23 heavy (non-hydrogen) atoms. The predicted molar refractivity (Wildman–Crippen MR) is 88.6 cm³/mol. The van der Waals surface area contributed by atoms with Crippen LogP contribution in [0.3, 0.4) is 0 Å². The van der Waals surface area contributed by atoms with Gasteiger partial charge in [0.1, 0.15) is 0 Å². The van der Waals surface area contributed by atoms with E-state index in [1.807, 2.05) is 32.3 Å². The lowest BCUT2D eigenvalue weighted by atomic mass is 10.1.